The lowest BCUT2D eigenvalue weighted by atomic mass is 9.85. The number of hydrogen-bond acceptors (Lipinski definition) is 5. The second-order valence-corrected chi connectivity index (χ2v) is 9.91. The third-order valence-electron chi connectivity index (χ3n) is 7.32. The van der Waals surface area contributed by atoms with Gasteiger partial charge in [-0.1, -0.05) is 48.5 Å². The molecule has 2 heterocycles. The summed E-state index contributed by atoms with van der Waals surface area (Å²) in [6.45, 7) is 3.73. The number of aromatic amines is 1. The molecule has 1 aliphatic rings. The third-order valence-corrected chi connectivity index (χ3v) is 7.32. The summed E-state index contributed by atoms with van der Waals surface area (Å²) in [5, 5.41) is 12.3. The van der Waals surface area contributed by atoms with E-state index in [1.54, 1.807) is 0 Å². The Morgan fingerprint density at radius 3 is 2.74 bits per heavy atom. The molecule has 3 atom stereocenters. The van der Waals surface area contributed by atoms with Crippen molar-refractivity contribution in [2.75, 3.05) is 19.7 Å². The van der Waals surface area contributed by atoms with Crippen LogP contribution in [0.5, 0.6) is 5.75 Å². The summed E-state index contributed by atoms with van der Waals surface area (Å²) in [6.07, 6.45) is 5.03. The molecule has 0 saturated carbocycles. The Bertz CT molecular complexity index is 1460. The first kappa shape index (κ1) is 25.5. The molecule has 196 valence electrons. The van der Waals surface area contributed by atoms with Gasteiger partial charge in [-0.05, 0) is 66.8 Å². The van der Waals surface area contributed by atoms with Crippen molar-refractivity contribution in [1.82, 2.24) is 9.88 Å². The highest BCUT2D eigenvalue weighted by Crippen LogP contribution is 2.33. The zero-order valence-electron chi connectivity index (χ0n) is 21.4. The van der Waals surface area contributed by atoms with Crippen molar-refractivity contribution in [2.24, 2.45) is 0 Å². The Morgan fingerprint density at radius 2 is 1.92 bits per heavy atom. The lowest BCUT2D eigenvalue weighted by Crippen LogP contribution is -2.46. The fraction of sp³-hybridized carbons (Fsp3) is 0.290. The maximum atomic E-state index is 12.4. The Morgan fingerprint density at radius 1 is 1.08 bits per heavy atom. The number of carbonyl (C=O) groups is 2. The molecule has 0 spiro atoms. The summed E-state index contributed by atoms with van der Waals surface area (Å²) in [5.41, 5.74) is 2.32. The zero-order chi connectivity index (χ0) is 26.5. The molecule has 1 aromatic heterocycles. The van der Waals surface area contributed by atoms with Gasteiger partial charge >= 0.3 is 11.9 Å². The smallest absolute Gasteiger partial charge is 0.331 e. The van der Waals surface area contributed by atoms with Crippen LogP contribution >= 0.6 is 0 Å². The van der Waals surface area contributed by atoms with Crippen LogP contribution < -0.4 is 4.74 Å². The molecule has 4 aromatic rings. The number of nitrogens with one attached hydrogen (secondary N) is 1. The summed E-state index contributed by atoms with van der Waals surface area (Å²) in [7, 11) is 0. The van der Waals surface area contributed by atoms with E-state index in [0.29, 0.717) is 18.2 Å². The minimum Gasteiger partial charge on any atom is -0.489 e. The molecule has 2 N–H and O–H groups in total. The highest BCUT2D eigenvalue weighted by molar-refractivity contribution is 5.91. The topological polar surface area (TPSA) is 91.9 Å². The molecule has 3 aromatic carbocycles. The molecule has 0 unspecified atom stereocenters. The normalized spacial score (nSPS) is 19.1. The number of benzene rings is 3. The predicted molar refractivity (Wildman–Crippen MR) is 147 cm³/mol. The molecule has 0 radical (unpaired) electrons. The first-order valence-electron chi connectivity index (χ1n) is 13.0. The second kappa shape index (κ2) is 11.5. The lowest BCUT2D eigenvalue weighted by Gasteiger charge is -2.39. The number of esters is 1. The van der Waals surface area contributed by atoms with Crippen molar-refractivity contribution in [3.8, 4) is 5.75 Å². The Balaban J connectivity index is 1.26. The Hall–Kier alpha value is -4.10. The van der Waals surface area contributed by atoms with Crippen molar-refractivity contribution < 1.29 is 24.2 Å². The molecule has 0 amide bonds. The Labute approximate surface area is 221 Å². The van der Waals surface area contributed by atoms with Gasteiger partial charge in [-0.3, -0.25) is 4.90 Å². The van der Waals surface area contributed by atoms with Crippen LogP contribution in [-0.4, -0.2) is 58.8 Å². The summed E-state index contributed by atoms with van der Waals surface area (Å²) in [6, 6.07) is 23.2. The number of nitrogens with zero attached hydrogens (tertiary/aromatic N) is 1. The van der Waals surface area contributed by atoms with Gasteiger partial charge in [0.15, 0.2) is 0 Å². The van der Waals surface area contributed by atoms with Crippen molar-refractivity contribution in [2.45, 2.75) is 37.8 Å². The van der Waals surface area contributed by atoms with E-state index in [2.05, 4.69) is 59.3 Å². The van der Waals surface area contributed by atoms with Crippen LogP contribution in [0.2, 0.25) is 0 Å². The van der Waals surface area contributed by atoms with Gasteiger partial charge in [0.05, 0.1) is 0 Å². The fourth-order valence-corrected chi connectivity index (χ4v) is 5.35. The molecule has 1 aliphatic heterocycles. The van der Waals surface area contributed by atoms with E-state index in [1.807, 2.05) is 30.5 Å². The number of H-pyrrole nitrogens is 1. The van der Waals surface area contributed by atoms with Crippen molar-refractivity contribution in [3.63, 3.8) is 0 Å². The number of piperidine rings is 1. The number of aliphatic carboxylic acids is 1. The van der Waals surface area contributed by atoms with Gasteiger partial charge in [0.2, 0.25) is 0 Å². The lowest BCUT2D eigenvalue weighted by molar-refractivity contribution is -0.146. The average Bonchev–Trinajstić information content (AvgIpc) is 3.41. The van der Waals surface area contributed by atoms with Gasteiger partial charge in [0.1, 0.15) is 18.5 Å². The predicted octanol–water partition coefficient (Wildman–Crippen LogP) is 5.52. The van der Waals surface area contributed by atoms with Crippen LogP contribution in [0.3, 0.4) is 0 Å². The number of carbonyl (C=O) groups excluding carboxylic acids is 1. The van der Waals surface area contributed by atoms with Crippen LogP contribution in [0.15, 0.2) is 85.1 Å². The van der Waals surface area contributed by atoms with E-state index in [9.17, 15) is 9.59 Å². The van der Waals surface area contributed by atoms with E-state index >= 15 is 0 Å². The number of carboxylic acid groups (broad SMARTS) is 1. The van der Waals surface area contributed by atoms with Crippen molar-refractivity contribution >= 4 is 33.6 Å². The minimum absolute atomic E-state index is 0.161. The van der Waals surface area contributed by atoms with Gasteiger partial charge in [0, 0.05) is 41.8 Å². The molecule has 7 nitrogen and oxygen atoms in total. The SMILES string of the molecule is C[C@@H]1C[C@H](c2ccc3ccccc3c2)CCN1C[C@@H](COc1cccc2[nH]ccc12)OC(=O)C=CC(=O)O. The van der Waals surface area contributed by atoms with Crippen LogP contribution in [0.1, 0.15) is 31.2 Å². The fourth-order valence-electron chi connectivity index (χ4n) is 5.35. The molecule has 0 bridgehead atoms. The first-order chi connectivity index (χ1) is 18.5. The van der Waals surface area contributed by atoms with E-state index in [0.717, 1.165) is 42.4 Å². The van der Waals surface area contributed by atoms with Gasteiger partial charge < -0.3 is 19.6 Å². The minimum atomic E-state index is -1.20. The van der Waals surface area contributed by atoms with Crippen molar-refractivity contribution in [1.29, 1.82) is 0 Å². The van der Waals surface area contributed by atoms with E-state index in [-0.39, 0.29) is 12.6 Å². The molecule has 38 heavy (non-hydrogen) atoms. The number of aromatic nitrogens is 1. The molecule has 7 heteroatoms. The van der Waals surface area contributed by atoms with Crippen LogP contribution in [-0.2, 0) is 14.3 Å². The number of hydrogen-bond donors (Lipinski definition) is 2. The summed E-state index contributed by atoms with van der Waals surface area (Å²) < 4.78 is 11.8. The van der Waals surface area contributed by atoms with Crippen LogP contribution in [0, 0.1) is 0 Å². The number of likely N-dealkylation sites (tertiary alicyclic amines) is 1. The third kappa shape index (κ3) is 6.06. The molecule has 0 aliphatic carbocycles. The Kier molecular flexibility index (Phi) is 7.75. The largest absolute Gasteiger partial charge is 0.489 e. The van der Waals surface area contributed by atoms with E-state index < -0.39 is 18.0 Å². The van der Waals surface area contributed by atoms with E-state index in [1.165, 1.54) is 16.3 Å². The standard InChI is InChI=1S/C31H32N2O5/c1-21-17-25(24-10-9-22-5-2-3-6-23(22)18-24)14-16-33(21)19-26(38-31(36)12-11-30(34)35)20-37-29-8-4-7-28-27(29)13-15-32-28/h2-13,15,18,21,25-26,32H,14,16-17,19-20H2,1H3,(H,34,35)/t21-,25-,26+/m1/s1. The number of fused-ring (bicyclic) bond motifs is 2. The molecule has 1 fully saturated rings. The van der Waals surface area contributed by atoms with E-state index in [4.69, 9.17) is 14.6 Å². The maximum Gasteiger partial charge on any atom is 0.331 e. The highest BCUT2D eigenvalue weighted by atomic mass is 16.6. The van der Waals surface area contributed by atoms with Crippen molar-refractivity contribution in [3.05, 3.63) is 90.6 Å². The van der Waals surface area contributed by atoms with Gasteiger partial charge in [0.25, 0.3) is 0 Å². The first-order valence-corrected chi connectivity index (χ1v) is 13.0. The van der Waals surface area contributed by atoms with Gasteiger partial charge in [-0.2, -0.15) is 0 Å². The zero-order valence-corrected chi connectivity index (χ0v) is 21.4. The average molecular weight is 513 g/mol. The summed E-state index contributed by atoms with van der Waals surface area (Å²) >= 11 is 0. The highest BCUT2D eigenvalue weighted by Gasteiger charge is 2.29. The molecule has 5 rings (SSSR count). The molecular weight excluding hydrogens is 480 g/mol. The molecule has 1 saturated heterocycles. The summed E-state index contributed by atoms with van der Waals surface area (Å²) in [4.78, 5) is 28.7. The number of rotatable bonds is 9. The maximum absolute atomic E-state index is 12.4. The quantitative estimate of drug-likeness (QED) is 0.227. The summed E-state index contributed by atoms with van der Waals surface area (Å²) in [5.74, 6) is -0.723. The van der Waals surface area contributed by atoms with Crippen LogP contribution in [0.4, 0.5) is 0 Å². The van der Waals surface area contributed by atoms with Crippen LogP contribution in [0.25, 0.3) is 21.7 Å². The number of carboxylic acids is 1. The van der Waals surface area contributed by atoms with Gasteiger partial charge in [-0.15, -0.1) is 0 Å². The van der Waals surface area contributed by atoms with Gasteiger partial charge in [-0.25, -0.2) is 9.59 Å². The monoisotopic (exact) mass is 512 g/mol. The second-order valence-electron chi connectivity index (χ2n) is 9.91. The molecular formula is C31H32N2O5. The number of ether oxygens (including phenoxy) is 2.